The molecule has 0 unspecified atom stereocenters. The van der Waals surface area contributed by atoms with Gasteiger partial charge in [0.25, 0.3) is 0 Å². The van der Waals surface area contributed by atoms with Crippen molar-refractivity contribution in [2.45, 2.75) is 10.8 Å². The third-order valence-electron chi connectivity index (χ3n) is 3.40. The van der Waals surface area contributed by atoms with E-state index < -0.39 is 0 Å². The topological polar surface area (TPSA) is 51.8 Å². The normalized spacial score (nSPS) is 11.0. The van der Waals surface area contributed by atoms with E-state index >= 15 is 0 Å². The molecule has 4 aromatic rings. The van der Waals surface area contributed by atoms with Gasteiger partial charge in [-0.15, -0.1) is 10.2 Å². The molecule has 2 heterocycles. The second-order valence-corrected chi connectivity index (χ2v) is 5.99. The van der Waals surface area contributed by atoms with E-state index in [9.17, 15) is 0 Å². The lowest BCUT2D eigenvalue weighted by molar-refractivity contribution is 0.528. The molecule has 0 bridgehead atoms. The van der Waals surface area contributed by atoms with Gasteiger partial charge in [-0.3, -0.25) is 0 Å². The molecule has 5 heteroatoms. The number of benzene rings is 2. The van der Waals surface area contributed by atoms with Gasteiger partial charge in [0.05, 0.1) is 16.3 Å². The molecule has 0 aliphatic heterocycles. The first-order valence-electron chi connectivity index (χ1n) is 7.25. The zero-order valence-electron chi connectivity index (χ0n) is 12.2. The SMILES string of the molecule is c1ccc(-c2nnc(CSc3ccc4ccccc4n3)o2)cc1. The van der Waals surface area contributed by atoms with E-state index in [-0.39, 0.29) is 0 Å². The Morgan fingerprint density at radius 1 is 0.826 bits per heavy atom. The Bertz CT molecular complexity index is 937. The molecule has 0 N–H and O–H groups in total. The maximum atomic E-state index is 5.71. The van der Waals surface area contributed by atoms with Crippen molar-refractivity contribution in [1.29, 1.82) is 0 Å². The highest BCUT2D eigenvalue weighted by Crippen LogP contribution is 2.24. The van der Waals surface area contributed by atoms with Gasteiger partial charge in [-0.05, 0) is 24.3 Å². The van der Waals surface area contributed by atoms with Crippen LogP contribution >= 0.6 is 11.8 Å². The number of pyridine rings is 1. The number of rotatable bonds is 4. The van der Waals surface area contributed by atoms with Gasteiger partial charge in [0.1, 0.15) is 0 Å². The Hall–Kier alpha value is -2.66. The van der Waals surface area contributed by atoms with E-state index in [4.69, 9.17) is 4.42 Å². The second-order valence-electron chi connectivity index (χ2n) is 5.00. The largest absolute Gasteiger partial charge is 0.420 e. The Morgan fingerprint density at radius 3 is 2.57 bits per heavy atom. The lowest BCUT2D eigenvalue weighted by Gasteiger charge is -2.00. The van der Waals surface area contributed by atoms with Crippen LogP contribution in [0.2, 0.25) is 0 Å². The molecule has 2 aromatic heterocycles. The number of fused-ring (bicyclic) bond motifs is 1. The third kappa shape index (κ3) is 3.10. The summed E-state index contributed by atoms with van der Waals surface area (Å²) in [5, 5.41) is 10.3. The highest BCUT2D eigenvalue weighted by Gasteiger charge is 2.09. The minimum atomic E-state index is 0.549. The highest BCUT2D eigenvalue weighted by atomic mass is 32.2. The molecule has 0 atom stereocenters. The minimum Gasteiger partial charge on any atom is -0.420 e. The average molecular weight is 319 g/mol. The minimum absolute atomic E-state index is 0.549. The van der Waals surface area contributed by atoms with E-state index in [1.54, 1.807) is 11.8 Å². The van der Waals surface area contributed by atoms with Crippen LogP contribution in [-0.2, 0) is 5.75 Å². The molecule has 4 nitrogen and oxygen atoms in total. The average Bonchev–Trinajstić information content (AvgIpc) is 3.10. The van der Waals surface area contributed by atoms with Crippen LogP contribution in [0.4, 0.5) is 0 Å². The lowest BCUT2D eigenvalue weighted by Crippen LogP contribution is -1.85. The summed E-state index contributed by atoms with van der Waals surface area (Å²) in [6.45, 7) is 0. The van der Waals surface area contributed by atoms with E-state index in [1.165, 1.54) is 0 Å². The summed E-state index contributed by atoms with van der Waals surface area (Å²) in [6, 6.07) is 21.9. The molecule has 0 saturated carbocycles. The maximum Gasteiger partial charge on any atom is 0.247 e. The molecule has 0 fully saturated rings. The number of aromatic nitrogens is 3. The fourth-order valence-corrected chi connectivity index (χ4v) is 2.99. The second kappa shape index (κ2) is 6.22. The van der Waals surface area contributed by atoms with Gasteiger partial charge in [-0.1, -0.05) is 54.2 Å². The van der Waals surface area contributed by atoms with Gasteiger partial charge in [0.2, 0.25) is 11.8 Å². The number of para-hydroxylation sites is 1. The molecule has 112 valence electrons. The monoisotopic (exact) mass is 319 g/mol. The molecule has 0 radical (unpaired) electrons. The number of thioether (sulfide) groups is 1. The van der Waals surface area contributed by atoms with Crippen molar-refractivity contribution in [3.05, 3.63) is 72.6 Å². The smallest absolute Gasteiger partial charge is 0.247 e. The van der Waals surface area contributed by atoms with Crippen molar-refractivity contribution in [3.8, 4) is 11.5 Å². The van der Waals surface area contributed by atoms with Crippen molar-refractivity contribution in [2.24, 2.45) is 0 Å². The first kappa shape index (κ1) is 14.0. The van der Waals surface area contributed by atoms with Crippen molar-refractivity contribution in [3.63, 3.8) is 0 Å². The summed E-state index contributed by atoms with van der Waals surface area (Å²) in [5.74, 6) is 1.75. The Labute approximate surface area is 137 Å². The van der Waals surface area contributed by atoms with Crippen LogP contribution in [0.5, 0.6) is 0 Å². The first-order chi connectivity index (χ1) is 11.4. The molecule has 2 aromatic carbocycles. The first-order valence-corrected chi connectivity index (χ1v) is 8.23. The lowest BCUT2D eigenvalue weighted by atomic mass is 10.2. The standard InChI is InChI=1S/C18H13N3OS/c1-2-7-14(8-3-1)18-21-20-16(22-18)12-23-17-11-10-13-6-4-5-9-15(13)19-17/h1-11H,12H2. The highest BCUT2D eigenvalue weighted by molar-refractivity contribution is 7.98. The van der Waals surface area contributed by atoms with Crippen LogP contribution in [-0.4, -0.2) is 15.2 Å². The van der Waals surface area contributed by atoms with Crippen molar-refractivity contribution in [1.82, 2.24) is 15.2 Å². The Balaban J connectivity index is 1.49. The molecule has 0 amide bonds. The predicted molar refractivity (Wildman–Crippen MR) is 91.0 cm³/mol. The zero-order chi connectivity index (χ0) is 15.5. The maximum absolute atomic E-state index is 5.71. The number of hydrogen-bond donors (Lipinski definition) is 0. The van der Waals surface area contributed by atoms with Crippen LogP contribution < -0.4 is 0 Å². The molecular weight excluding hydrogens is 306 g/mol. The summed E-state index contributed by atoms with van der Waals surface area (Å²) in [5.41, 5.74) is 1.92. The van der Waals surface area contributed by atoms with Gasteiger partial charge < -0.3 is 4.42 Å². The van der Waals surface area contributed by atoms with Crippen molar-refractivity contribution >= 4 is 22.7 Å². The fourth-order valence-electron chi connectivity index (χ4n) is 2.27. The summed E-state index contributed by atoms with van der Waals surface area (Å²) in [7, 11) is 0. The van der Waals surface area contributed by atoms with Gasteiger partial charge in [0.15, 0.2) is 0 Å². The fraction of sp³-hybridized carbons (Fsp3) is 0.0556. The quantitative estimate of drug-likeness (QED) is 0.515. The van der Waals surface area contributed by atoms with Crippen molar-refractivity contribution < 1.29 is 4.42 Å². The summed E-state index contributed by atoms with van der Waals surface area (Å²) >= 11 is 1.59. The summed E-state index contributed by atoms with van der Waals surface area (Å²) < 4.78 is 5.71. The Kier molecular flexibility index (Phi) is 3.78. The predicted octanol–water partition coefficient (Wildman–Crippen LogP) is 4.58. The van der Waals surface area contributed by atoms with Crippen LogP contribution in [0, 0.1) is 0 Å². The van der Waals surface area contributed by atoms with Crippen LogP contribution in [0.25, 0.3) is 22.4 Å². The number of nitrogens with zero attached hydrogens (tertiary/aromatic N) is 3. The van der Waals surface area contributed by atoms with Crippen molar-refractivity contribution in [2.75, 3.05) is 0 Å². The third-order valence-corrected chi connectivity index (χ3v) is 4.32. The van der Waals surface area contributed by atoms with Crippen LogP contribution in [0.3, 0.4) is 0 Å². The molecule has 0 spiro atoms. The molecule has 23 heavy (non-hydrogen) atoms. The summed E-state index contributed by atoms with van der Waals surface area (Å²) in [6.07, 6.45) is 0. The molecule has 4 rings (SSSR count). The van der Waals surface area contributed by atoms with Crippen LogP contribution in [0.1, 0.15) is 5.89 Å². The Morgan fingerprint density at radius 2 is 1.65 bits per heavy atom. The van der Waals surface area contributed by atoms with Gasteiger partial charge in [-0.25, -0.2) is 4.98 Å². The molecular formula is C18H13N3OS. The van der Waals surface area contributed by atoms with E-state index in [2.05, 4.69) is 27.3 Å². The molecule has 0 aliphatic rings. The summed E-state index contributed by atoms with van der Waals surface area (Å²) in [4.78, 5) is 4.63. The van der Waals surface area contributed by atoms with Gasteiger partial charge in [-0.2, -0.15) is 0 Å². The van der Waals surface area contributed by atoms with Crippen LogP contribution in [0.15, 0.2) is 76.2 Å². The molecule has 0 saturated heterocycles. The van der Waals surface area contributed by atoms with E-state index in [0.29, 0.717) is 17.5 Å². The van der Waals surface area contributed by atoms with Gasteiger partial charge >= 0.3 is 0 Å². The van der Waals surface area contributed by atoms with E-state index in [0.717, 1.165) is 21.5 Å². The zero-order valence-corrected chi connectivity index (χ0v) is 13.0. The molecule has 0 aliphatic carbocycles. The van der Waals surface area contributed by atoms with E-state index in [1.807, 2.05) is 54.6 Å². The van der Waals surface area contributed by atoms with Gasteiger partial charge in [0, 0.05) is 10.9 Å². The number of hydrogen-bond acceptors (Lipinski definition) is 5.